The van der Waals surface area contributed by atoms with E-state index in [2.05, 4.69) is 0 Å². The lowest BCUT2D eigenvalue weighted by molar-refractivity contribution is 0.0734. The largest absolute Gasteiger partial charge is 0.497 e. The molecule has 1 aliphatic rings. The molecule has 5 nitrogen and oxygen atoms in total. The summed E-state index contributed by atoms with van der Waals surface area (Å²) in [5, 5.41) is 0. The Morgan fingerprint density at radius 2 is 1.75 bits per heavy atom. The lowest BCUT2D eigenvalue weighted by Crippen LogP contribution is -2.08. The molecule has 5 heteroatoms. The summed E-state index contributed by atoms with van der Waals surface area (Å²) in [6.07, 6.45) is 1.68. The van der Waals surface area contributed by atoms with Gasteiger partial charge >= 0.3 is 5.97 Å². The number of hydrogen-bond acceptors (Lipinski definition) is 5. The second-order valence-electron chi connectivity index (χ2n) is 6.13. The molecule has 138 valence electrons. The molecule has 3 aromatic rings. The van der Waals surface area contributed by atoms with Crippen molar-refractivity contribution in [1.82, 2.24) is 0 Å². The van der Waals surface area contributed by atoms with Gasteiger partial charge in [0.2, 0.25) is 5.78 Å². The zero-order chi connectivity index (χ0) is 19.5. The molecule has 1 heterocycles. The predicted octanol–water partition coefficient (Wildman–Crippen LogP) is 4.53. The van der Waals surface area contributed by atoms with E-state index in [0.717, 1.165) is 5.56 Å². The molecule has 0 spiro atoms. The summed E-state index contributed by atoms with van der Waals surface area (Å²) >= 11 is 0. The molecule has 0 amide bonds. The molecular formula is C23H16O5. The number of ether oxygens (including phenoxy) is 3. The first-order chi connectivity index (χ1) is 13.6. The predicted molar refractivity (Wildman–Crippen MR) is 104 cm³/mol. The van der Waals surface area contributed by atoms with Crippen LogP contribution in [0.5, 0.6) is 17.2 Å². The standard InChI is InChI=1S/C23H16O5/c1-26-17-9-5-8-16(13-17)23(25)27-18-10-11-19-20(14-18)28-21(22(19)24)12-15-6-3-2-4-7-15/h2-14H,1H3. The summed E-state index contributed by atoms with van der Waals surface area (Å²) in [4.78, 5) is 24.9. The van der Waals surface area contributed by atoms with Gasteiger partial charge in [-0.3, -0.25) is 4.79 Å². The van der Waals surface area contributed by atoms with Crippen molar-refractivity contribution in [2.75, 3.05) is 7.11 Å². The number of carbonyl (C=O) groups is 2. The van der Waals surface area contributed by atoms with Crippen molar-refractivity contribution in [2.45, 2.75) is 0 Å². The summed E-state index contributed by atoms with van der Waals surface area (Å²) in [6.45, 7) is 0. The molecule has 0 saturated heterocycles. The number of methoxy groups -OCH3 is 1. The molecule has 0 radical (unpaired) electrons. The highest BCUT2D eigenvalue weighted by Gasteiger charge is 2.28. The average molecular weight is 372 g/mol. The lowest BCUT2D eigenvalue weighted by Gasteiger charge is -2.07. The third-order valence-corrected chi connectivity index (χ3v) is 4.25. The Morgan fingerprint density at radius 3 is 2.54 bits per heavy atom. The molecule has 28 heavy (non-hydrogen) atoms. The van der Waals surface area contributed by atoms with Gasteiger partial charge in [-0.2, -0.15) is 0 Å². The van der Waals surface area contributed by atoms with E-state index < -0.39 is 5.97 Å². The summed E-state index contributed by atoms with van der Waals surface area (Å²) < 4.78 is 16.2. The van der Waals surface area contributed by atoms with E-state index in [1.54, 1.807) is 42.5 Å². The molecule has 0 fully saturated rings. The summed E-state index contributed by atoms with van der Waals surface area (Å²) in [5.41, 5.74) is 1.66. The summed E-state index contributed by atoms with van der Waals surface area (Å²) in [7, 11) is 1.53. The van der Waals surface area contributed by atoms with Gasteiger partial charge in [0.15, 0.2) is 5.76 Å². The van der Waals surface area contributed by atoms with Gasteiger partial charge in [0.25, 0.3) is 0 Å². The average Bonchev–Trinajstić information content (AvgIpc) is 3.03. The maximum atomic E-state index is 12.5. The maximum absolute atomic E-state index is 12.5. The highest BCUT2D eigenvalue weighted by atomic mass is 16.5. The SMILES string of the molecule is COc1cccc(C(=O)Oc2ccc3c(c2)OC(=Cc2ccccc2)C3=O)c1. The number of rotatable bonds is 4. The molecular weight excluding hydrogens is 356 g/mol. The van der Waals surface area contributed by atoms with Gasteiger partial charge in [0, 0.05) is 6.07 Å². The quantitative estimate of drug-likeness (QED) is 0.382. The first kappa shape index (κ1) is 17.5. The van der Waals surface area contributed by atoms with E-state index in [9.17, 15) is 9.59 Å². The second kappa shape index (κ2) is 7.40. The molecule has 4 rings (SSSR count). The molecule has 0 atom stereocenters. The Morgan fingerprint density at radius 1 is 0.929 bits per heavy atom. The Kier molecular flexibility index (Phi) is 4.64. The monoisotopic (exact) mass is 372 g/mol. The molecule has 0 aromatic heterocycles. The molecule has 3 aromatic carbocycles. The molecule has 1 aliphatic heterocycles. The van der Waals surface area contributed by atoms with Crippen LogP contribution in [0.15, 0.2) is 78.6 Å². The third kappa shape index (κ3) is 3.50. The van der Waals surface area contributed by atoms with Crippen LogP contribution in [0.2, 0.25) is 0 Å². The van der Waals surface area contributed by atoms with Crippen LogP contribution >= 0.6 is 0 Å². The van der Waals surface area contributed by atoms with E-state index in [1.807, 2.05) is 30.3 Å². The van der Waals surface area contributed by atoms with Crippen LogP contribution < -0.4 is 14.2 Å². The second-order valence-corrected chi connectivity index (χ2v) is 6.13. The minimum Gasteiger partial charge on any atom is -0.497 e. The molecule has 0 unspecified atom stereocenters. The summed E-state index contributed by atoms with van der Waals surface area (Å²) in [6, 6.07) is 20.8. The van der Waals surface area contributed by atoms with Gasteiger partial charge in [-0.1, -0.05) is 36.4 Å². The zero-order valence-corrected chi connectivity index (χ0v) is 15.0. The zero-order valence-electron chi connectivity index (χ0n) is 15.0. The number of allylic oxidation sites excluding steroid dienone is 1. The maximum Gasteiger partial charge on any atom is 0.343 e. The number of Topliss-reactive ketones (excluding diaryl/α,β-unsaturated/α-hetero) is 1. The molecule has 0 bridgehead atoms. The number of carbonyl (C=O) groups excluding carboxylic acids is 2. The normalized spacial score (nSPS) is 13.8. The fraction of sp³-hybridized carbons (Fsp3) is 0.0435. The van der Waals surface area contributed by atoms with Crippen LogP contribution in [-0.4, -0.2) is 18.9 Å². The smallest absolute Gasteiger partial charge is 0.343 e. The Labute approximate surface area is 161 Å². The van der Waals surface area contributed by atoms with E-state index in [-0.39, 0.29) is 11.5 Å². The van der Waals surface area contributed by atoms with Crippen LogP contribution in [0, 0.1) is 0 Å². The van der Waals surface area contributed by atoms with E-state index in [1.165, 1.54) is 13.2 Å². The fourth-order valence-corrected chi connectivity index (χ4v) is 2.85. The van der Waals surface area contributed by atoms with Crippen LogP contribution in [0.1, 0.15) is 26.3 Å². The van der Waals surface area contributed by atoms with Gasteiger partial charge in [-0.05, 0) is 42.0 Å². The van der Waals surface area contributed by atoms with Gasteiger partial charge in [-0.15, -0.1) is 0 Å². The van der Waals surface area contributed by atoms with E-state index in [4.69, 9.17) is 14.2 Å². The third-order valence-electron chi connectivity index (χ3n) is 4.25. The number of ketones is 1. The minimum atomic E-state index is -0.525. The highest BCUT2D eigenvalue weighted by Crippen LogP contribution is 2.35. The molecule has 0 aliphatic carbocycles. The van der Waals surface area contributed by atoms with E-state index >= 15 is 0 Å². The van der Waals surface area contributed by atoms with Crippen LogP contribution in [-0.2, 0) is 0 Å². The Hall–Kier alpha value is -3.86. The van der Waals surface area contributed by atoms with Crippen LogP contribution in [0.4, 0.5) is 0 Å². The number of esters is 1. The Balaban J connectivity index is 1.54. The van der Waals surface area contributed by atoms with Crippen molar-refractivity contribution >= 4 is 17.8 Å². The lowest BCUT2D eigenvalue weighted by atomic mass is 10.1. The minimum absolute atomic E-state index is 0.204. The van der Waals surface area contributed by atoms with Crippen LogP contribution in [0.25, 0.3) is 6.08 Å². The van der Waals surface area contributed by atoms with Crippen molar-refractivity contribution in [1.29, 1.82) is 0 Å². The number of benzene rings is 3. The van der Waals surface area contributed by atoms with E-state index in [0.29, 0.717) is 28.4 Å². The van der Waals surface area contributed by atoms with Gasteiger partial charge in [0.1, 0.15) is 17.2 Å². The highest BCUT2D eigenvalue weighted by molar-refractivity contribution is 6.14. The first-order valence-corrected chi connectivity index (χ1v) is 8.63. The topological polar surface area (TPSA) is 61.8 Å². The van der Waals surface area contributed by atoms with Crippen molar-refractivity contribution < 1.29 is 23.8 Å². The first-order valence-electron chi connectivity index (χ1n) is 8.63. The number of fused-ring (bicyclic) bond motifs is 1. The van der Waals surface area contributed by atoms with Crippen molar-refractivity contribution in [3.63, 3.8) is 0 Å². The van der Waals surface area contributed by atoms with Gasteiger partial charge in [0.05, 0.1) is 18.2 Å². The Bertz CT molecular complexity index is 1080. The van der Waals surface area contributed by atoms with Crippen molar-refractivity contribution in [3.05, 3.63) is 95.2 Å². The number of hydrogen-bond donors (Lipinski definition) is 0. The van der Waals surface area contributed by atoms with Crippen molar-refractivity contribution in [3.8, 4) is 17.2 Å². The van der Waals surface area contributed by atoms with Crippen molar-refractivity contribution in [2.24, 2.45) is 0 Å². The molecule has 0 saturated carbocycles. The summed E-state index contributed by atoms with van der Waals surface area (Å²) in [5.74, 6) is 0.724. The fourth-order valence-electron chi connectivity index (χ4n) is 2.85. The molecule has 0 N–H and O–H groups in total. The van der Waals surface area contributed by atoms with Crippen LogP contribution in [0.3, 0.4) is 0 Å². The van der Waals surface area contributed by atoms with Gasteiger partial charge in [-0.25, -0.2) is 4.79 Å². The van der Waals surface area contributed by atoms with Gasteiger partial charge < -0.3 is 14.2 Å².